The first-order valence-corrected chi connectivity index (χ1v) is 9.64. The van der Waals surface area contributed by atoms with Gasteiger partial charge in [0, 0.05) is 28.0 Å². The second-order valence-corrected chi connectivity index (χ2v) is 8.17. The number of pyridine rings is 2. The number of rotatable bonds is 3. The van der Waals surface area contributed by atoms with E-state index >= 15 is 0 Å². The molecule has 0 spiro atoms. The molecule has 3 heterocycles. The Balaban J connectivity index is 2.01. The zero-order chi connectivity index (χ0) is 17.6. The summed E-state index contributed by atoms with van der Waals surface area (Å²) in [5.74, 6) is 0.988. The van der Waals surface area contributed by atoms with Crippen molar-refractivity contribution >= 4 is 31.6 Å². The first kappa shape index (κ1) is 16.2. The summed E-state index contributed by atoms with van der Waals surface area (Å²) in [5.41, 5.74) is 6.07. The van der Waals surface area contributed by atoms with Crippen molar-refractivity contribution in [2.75, 3.05) is 0 Å². The molecule has 0 fully saturated rings. The topological polar surface area (TPSA) is 25.8 Å². The van der Waals surface area contributed by atoms with Crippen LogP contribution in [0.2, 0.25) is 0 Å². The molecule has 126 valence electrons. The fourth-order valence-electron chi connectivity index (χ4n) is 3.31. The van der Waals surface area contributed by atoms with Crippen LogP contribution in [0.1, 0.15) is 50.7 Å². The minimum absolute atomic E-state index is 0.490. The van der Waals surface area contributed by atoms with Crippen LogP contribution in [0.4, 0.5) is 0 Å². The predicted molar refractivity (Wildman–Crippen MR) is 109 cm³/mol. The van der Waals surface area contributed by atoms with Gasteiger partial charge in [-0.1, -0.05) is 45.9 Å². The van der Waals surface area contributed by atoms with Gasteiger partial charge in [-0.15, -0.1) is 11.3 Å². The van der Waals surface area contributed by atoms with Crippen molar-refractivity contribution in [3.05, 3.63) is 59.9 Å². The molecular formula is C22H22N2S. The molecule has 0 saturated carbocycles. The number of thiophene rings is 1. The molecule has 25 heavy (non-hydrogen) atoms. The third kappa shape index (κ3) is 2.73. The van der Waals surface area contributed by atoms with Crippen molar-refractivity contribution in [3.8, 4) is 11.3 Å². The maximum Gasteiger partial charge on any atom is 0.0891 e. The van der Waals surface area contributed by atoms with Crippen molar-refractivity contribution < 1.29 is 0 Å². The summed E-state index contributed by atoms with van der Waals surface area (Å²) in [6.45, 7) is 8.93. The average Bonchev–Trinajstić information content (AvgIpc) is 3.00. The van der Waals surface area contributed by atoms with Crippen LogP contribution in [0.25, 0.3) is 31.6 Å². The summed E-state index contributed by atoms with van der Waals surface area (Å²) in [6, 6.07) is 13.0. The smallest absolute Gasteiger partial charge is 0.0891 e. The molecule has 0 saturated heterocycles. The van der Waals surface area contributed by atoms with E-state index in [-0.39, 0.29) is 0 Å². The van der Waals surface area contributed by atoms with Gasteiger partial charge in [-0.3, -0.25) is 9.97 Å². The molecule has 0 aliphatic carbocycles. The second kappa shape index (κ2) is 6.23. The maximum absolute atomic E-state index is 4.68. The highest BCUT2D eigenvalue weighted by Gasteiger charge is 2.15. The Morgan fingerprint density at radius 3 is 2.40 bits per heavy atom. The predicted octanol–water partition coefficient (Wildman–Crippen LogP) is 6.76. The molecule has 0 aliphatic rings. The minimum atomic E-state index is 0.490. The number of hydrogen-bond acceptors (Lipinski definition) is 3. The highest BCUT2D eigenvalue weighted by atomic mass is 32.1. The third-order valence-corrected chi connectivity index (χ3v) is 6.04. The SMILES string of the molecule is CC(C)c1ccnc(-c2cccc3c2sc2c(C(C)C)ccnc23)c1. The van der Waals surface area contributed by atoms with Crippen LogP contribution < -0.4 is 0 Å². The van der Waals surface area contributed by atoms with Crippen molar-refractivity contribution in [2.45, 2.75) is 39.5 Å². The van der Waals surface area contributed by atoms with Crippen LogP contribution in [0, 0.1) is 0 Å². The standard InChI is InChI=1S/C22H22N2S/c1-13(2)15-8-10-23-19(12-15)17-6-5-7-18-20-22(25-21(17)18)16(14(3)4)9-11-24-20/h5-14H,1-4H3. The number of nitrogens with zero attached hydrogens (tertiary/aromatic N) is 2. The van der Waals surface area contributed by atoms with E-state index in [9.17, 15) is 0 Å². The lowest BCUT2D eigenvalue weighted by atomic mass is 10.0. The summed E-state index contributed by atoms with van der Waals surface area (Å²) >= 11 is 1.85. The molecule has 1 aromatic carbocycles. The van der Waals surface area contributed by atoms with Gasteiger partial charge < -0.3 is 0 Å². The van der Waals surface area contributed by atoms with Gasteiger partial charge in [-0.2, -0.15) is 0 Å². The summed E-state index contributed by atoms with van der Waals surface area (Å²) in [4.78, 5) is 9.34. The van der Waals surface area contributed by atoms with Gasteiger partial charge >= 0.3 is 0 Å². The quantitative estimate of drug-likeness (QED) is 0.409. The second-order valence-electron chi connectivity index (χ2n) is 7.15. The van der Waals surface area contributed by atoms with Crippen molar-refractivity contribution in [2.24, 2.45) is 0 Å². The summed E-state index contributed by atoms with van der Waals surface area (Å²) < 4.78 is 2.59. The molecule has 0 amide bonds. The normalized spacial score (nSPS) is 11.9. The Morgan fingerprint density at radius 1 is 0.840 bits per heavy atom. The largest absolute Gasteiger partial charge is 0.256 e. The maximum atomic E-state index is 4.68. The average molecular weight is 346 g/mol. The van der Waals surface area contributed by atoms with E-state index in [0.717, 1.165) is 11.2 Å². The van der Waals surface area contributed by atoms with Gasteiger partial charge in [0.2, 0.25) is 0 Å². The molecule has 0 atom stereocenters. The molecule has 3 aromatic heterocycles. The van der Waals surface area contributed by atoms with Crippen LogP contribution in [0.15, 0.2) is 48.8 Å². The fraction of sp³-hybridized carbons (Fsp3) is 0.273. The van der Waals surface area contributed by atoms with Gasteiger partial charge in [0.05, 0.1) is 15.9 Å². The molecule has 0 N–H and O–H groups in total. The van der Waals surface area contributed by atoms with E-state index in [1.54, 1.807) is 0 Å². The molecule has 0 aliphatic heterocycles. The summed E-state index contributed by atoms with van der Waals surface area (Å²) in [6.07, 6.45) is 3.86. The number of fused-ring (bicyclic) bond motifs is 3. The zero-order valence-corrected chi connectivity index (χ0v) is 15.9. The Hall–Kier alpha value is -2.26. The van der Waals surface area contributed by atoms with E-state index in [0.29, 0.717) is 11.8 Å². The first-order valence-electron chi connectivity index (χ1n) is 8.82. The Morgan fingerprint density at radius 2 is 1.64 bits per heavy atom. The van der Waals surface area contributed by atoms with Crippen molar-refractivity contribution in [3.63, 3.8) is 0 Å². The lowest BCUT2D eigenvalue weighted by Crippen LogP contribution is -1.90. The molecular weight excluding hydrogens is 324 g/mol. The Kier molecular flexibility index (Phi) is 4.04. The van der Waals surface area contributed by atoms with E-state index in [1.165, 1.54) is 31.5 Å². The molecule has 2 nitrogen and oxygen atoms in total. The van der Waals surface area contributed by atoms with Gasteiger partial charge in [-0.05, 0) is 41.2 Å². The third-order valence-electron chi connectivity index (χ3n) is 4.76. The van der Waals surface area contributed by atoms with Gasteiger partial charge in [-0.25, -0.2) is 0 Å². The molecule has 0 bridgehead atoms. The Labute approximate surface area is 152 Å². The van der Waals surface area contributed by atoms with Crippen LogP contribution in [0.3, 0.4) is 0 Å². The zero-order valence-electron chi connectivity index (χ0n) is 15.1. The van der Waals surface area contributed by atoms with Crippen LogP contribution in [0.5, 0.6) is 0 Å². The highest BCUT2D eigenvalue weighted by Crippen LogP contribution is 2.41. The van der Waals surface area contributed by atoms with Gasteiger partial charge in [0.15, 0.2) is 0 Å². The van der Waals surface area contributed by atoms with E-state index < -0.39 is 0 Å². The van der Waals surface area contributed by atoms with E-state index in [1.807, 2.05) is 23.7 Å². The van der Waals surface area contributed by atoms with Crippen LogP contribution >= 0.6 is 11.3 Å². The number of hydrogen-bond donors (Lipinski definition) is 0. The molecule has 0 radical (unpaired) electrons. The lowest BCUT2D eigenvalue weighted by molar-refractivity contribution is 0.864. The van der Waals surface area contributed by atoms with Crippen molar-refractivity contribution in [1.29, 1.82) is 0 Å². The summed E-state index contributed by atoms with van der Waals surface area (Å²) in [5, 5.41) is 1.23. The minimum Gasteiger partial charge on any atom is -0.256 e. The highest BCUT2D eigenvalue weighted by molar-refractivity contribution is 7.26. The molecule has 4 aromatic rings. The molecule has 0 unspecified atom stereocenters. The van der Waals surface area contributed by atoms with Gasteiger partial charge in [0.25, 0.3) is 0 Å². The van der Waals surface area contributed by atoms with Crippen molar-refractivity contribution in [1.82, 2.24) is 9.97 Å². The van der Waals surface area contributed by atoms with E-state index in [4.69, 9.17) is 0 Å². The number of benzene rings is 1. The molecule has 3 heteroatoms. The van der Waals surface area contributed by atoms with Gasteiger partial charge in [0.1, 0.15) is 0 Å². The van der Waals surface area contributed by atoms with Crippen LogP contribution in [-0.2, 0) is 0 Å². The first-order chi connectivity index (χ1) is 12.1. The monoisotopic (exact) mass is 346 g/mol. The molecule has 4 rings (SSSR count). The lowest BCUT2D eigenvalue weighted by Gasteiger charge is -2.08. The number of aromatic nitrogens is 2. The van der Waals surface area contributed by atoms with Crippen LogP contribution in [-0.4, -0.2) is 9.97 Å². The fourth-order valence-corrected chi connectivity index (χ4v) is 4.75. The Bertz CT molecular complexity index is 1060. The summed E-state index contributed by atoms with van der Waals surface area (Å²) in [7, 11) is 0. The van der Waals surface area contributed by atoms with E-state index in [2.05, 4.69) is 74.1 Å².